The van der Waals surface area contributed by atoms with Crippen molar-refractivity contribution in [2.24, 2.45) is 4.99 Å². The van der Waals surface area contributed by atoms with E-state index in [0.717, 1.165) is 12.1 Å². The van der Waals surface area contributed by atoms with Gasteiger partial charge in [-0.15, -0.1) is 0 Å². The lowest BCUT2D eigenvalue weighted by Crippen LogP contribution is -2.12. The molecule has 1 amide bonds. The molecule has 0 spiro atoms. The Balaban J connectivity index is 2.01. The number of nitrogens with one attached hydrogen (secondary N) is 1. The summed E-state index contributed by atoms with van der Waals surface area (Å²) >= 11 is 4.48. The number of anilines is 1. The highest BCUT2D eigenvalue weighted by Crippen LogP contribution is 2.27. The number of hydrogen-bond donors (Lipinski definition) is 3. The monoisotopic (exact) mass is 516 g/mol. The third kappa shape index (κ3) is 6.29. The second kappa shape index (κ2) is 10.2. The first-order valence-electron chi connectivity index (χ1n) is 9.34. The van der Waals surface area contributed by atoms with Crippen LogP contribution in [-0.4, -0.2) is 37.0 Å². The number of amides is 1. The molecule has 0 unspecified atom stereocenters. The average Bonchev–Trinajstić information content (AvgIpc) is 2.78. The minimum absolute atomic E-state index is 0.00230. The maximum Gasteiger partial charge on any atom is 0.295 e. The molecule has 3 aromatic carbocycles. The molecule has 9 nitrogen and oxygen atoms in total. The smallest absolute Gasteiger partial charge is 0.295 e. The fourth-order valence-corrected chi connectivity index (χ4v) is 4.47. The Labute approximate surface area is 201 Å². The van der Waals surface area contributed by atoms with Crippen molar-refractivity contribution in [3.63, 3.8) is 0 Å². The molecule has 0 atom stereocenters. The van der Waals surface area contributed by atoms with Gasteiger partial charge < -0.3 is 5.32 Å². The highest BCUT2D eigenvalue weighted by molar-refractivity contribution is 7.86. The molecule has 12 heteroatoms. The van der Waals surface area contributed by atoms with E-state index in [0.29, 0.717) is 5.56 Å². The molecule has 0 saturated carbocycles. The van der Waals surface area contributed by atoms with E-state index in [2.05, 4.69) is 27.7 Å². The van der Waals surface area contributed by atoms with Crippen LogP contribution in [0.25, 0.3) is 12.2 Å². The summed E-state index contributed by atoms with van der Waals surface area (Å²) in [6, 6.07) is 15.8. The van der Waals surface area contributed by atoms with Crippen molar-refractivity contribution in [1.29, 1.82) is 0 Å². The highest BCUT2D eigenvalue weighted by atomic mass is 32.2. The molecule has 3 aromatic rings. The van der Waals surface area contributed by atoms with Gasteiger partial charge in [0.05, 0.1) is 10.8 Å². The van der Waals surface area contributed by atoms with Gasteiger partial charge in [0.25, 0.3) is 26.1 Å². The molecule has 0 saturated heterocycles. The van der Waals surface area contributed by atoms with Crippen LogP contribution in [0.15, 0.2) is 81.5 Å². The molecule has 3 rings (SSSR count). The van der Waals surface area contributed by atoms with Crippen molar-refractivity contribution < 1.29 is 30.7 Å². The van der Waals surface area contributed by atoms with Crippen molar-refractivity contribution >= 4 is 67.0 Å². The van der Waals surface area contributed by atoms with E-state index in [9.17, 15) is 30.7 Å². The van der Waals surface area contributed by atoms with Crippen LogP contribution in [0.5, 0.6) is 0 Å². The molecule has 0 heterocycles. The summed E-state index contributed by atoms with van der Waals surface area (Å²) in [5.74, 6) is -0.484. The molecule has 0 fully saturated rings. The van der Waals surface area contributed by atoms with Gasteiger partial charge in [-0.3, -0.25) is 13.9 Å². The zero-order valence-electron chi connectivity index (χ0n) is 17.1. The van der Waals surface area contributed by atoms with Crippen LogP contribution in [0.1, 0.15) is 21.5 Å². The number of rotatable bonds is 7. The molecule has 0 radical (unpaired) electrons. The number of nitrogens with zero attached hydrogens (tertiary/aromatic N) is 1. The molecule has 0 aliphatic heterocycles. The molecule has 0 aromatic heterocycles. The van der Waals surface area contributed by atoms with E-state index >= 15 is 0 Å². The van der Waals surface area contributed by atoms with Crippen LogP contribution < -0.4 is 5.32 Å². The van der Waals surface area contributed by atoms with E-state index in [1.165, 1.54) is 36.4 Å². The minimum Gasteiger partial charge on any atom is -0.322 e. The Morgan fingerprint density at radius 3 is 1.97 bits per heavy atom. The lowest BCUT2D eigenvalue weighted by Gasteiger charge is -2.09. The lowest BCUT2D eigenvalue weighted by atomic mass is 10.1. The van der Waals surface area contributed by atoms with Gasteiger partial charge in [-0.05, 0) is 59.7 Å². The van der Waals surface area contributed by atoms with Gasteiger partial charge in [-0.2, -0.15) is 21.8 Å². The zero-order chi connectivity index (χ0) is 24.9. The summed E-state index contributed by atoms with van der Waals surface area (Å²) in [4.78, 5) is 15.0. The predicted molar refractivity (Wildman–Crippen MR) is 131 cm³/mol. The first kappa shape index (κ1) is 25.1. The largest absolute Gasteiger partial charge is 0.322 e. The number of aliphatic imine (C=N–C) groups is 1. The van der Waals surface area contributed by atoms with Crippen LogP contribution in [0, 0.1) is 0 Å². The van der Waals surface area contributed by atoms with Crippen molar-refractivity contribution in [2.45, 2.75) is 9.79 Å². The fraction of sp³-hybridized carbons (Fsp3) is 0. The molecule has 174 valence electrons. The summed E-state index contributed by atoms with van der Waals surface area (Å²) in [5, 5.41) is 4.63. The molecule has 3 N–H and O–H groups in total. The maximum absolute atomic E-state index is 12.3. The summed E-state index contributed by atoms with van der Waals surface area (Å²) in [5.41, 5.74) is 0.617. The highest BCUT2D eigenvalue weighted by Gasteiger charge is 2.18. The number of isothiocyanates is 1. The standard InChI is InChI=1S/C22H16N2O7S3/c25-22(17-4-2-1-3-5-17)24-19-11-9-16(21(13-19)34(29,30)31)7-6-15-8-10-18(23-14-32)12-20(15)33(26,27)28/h1-13H,(H,24,25)(H,26,27,28)(H,29,30,31)/b7-6+. The minimum atomic E-state index is -4.72. The van der Waals surface area contributed by atoms with E-state index < -0.39 is 35.9 Å². The quantitative estimate of drug-likeness (QED) is 0.182. The van der Waals surface area contributed by atoms with Crippen LogP contribution in [0.2, 0.25) is 0 Å². The Kier molecular flexibility index (Phi) is 7.52. The van der Waals surface area contributed by atoms with E-state index in [1.54, 1.807) is 30.3 Å². The number of benzene rings is 3. The Bertz CT molecular complexity index is 1540. The van der Waals surface area contributed by atoms with Gasteiger partial charge in [0.15, 0.2) is 0 Å². The third-order valence-electron chi connectivity index (χ3n) is 4.48. The van der Waals surface area contributed by atoms with E-state index in [4.69, 9.17) is 0 Å². The predicted octanol–water partition coefficient (Wildman–Crippen LogP) is 4.34. The second-order valence-corrected chi connectivity index (χ2v) is 9.74. The van der Waals surface area contributed by atoms with Gasteiger partial charge in [-0.25, -0.2) is 0 Å². The van der Waals surface area contributed by atoms with Crippen molar-refractivity contribution in [3.05, 3.63) is 83.4 Å². The number of carbonyl (C=O) groups is 1. The molecule has 0 aliphatic carbocycles. The summed E-state index contributed by atoms with van der Waals surface area (Å²) in [6.45, 7) is 0. The Morgan fingerprint density at radius 2 is 1.41 bits per heavy atom. The van der Waals surface area contributed by atoms with Crippen molar-refractivity contribution in [2.75, 3.05) is 5.32 Å². The van der Waals surface area contributed by atoms with Crippen LogP contribution in [-0.2, 0) is 20.2 Å². The third-order valence-corrected chi connectivity index (χ3v) is 6.39. The van der Waals surface area contributed by atoms with E-state index in [-0.39, 0.29) is 22.5 Å². The van der Waals surface area contributed by atoms with Gasteiger partial charge in [-0.1, -0.05) is 42.5 Å². The summed E-state index contributed by atoms with van der Waals surface area (Å²) < 4.78 is 66.7. The molecular weight excluding hydrogens is 500 g/mol. The van der Waals surface area contributed by atoms with Crippen molar-refractivity contribution in [3.8, 4) is 0 Å². The van der Waals surface area contributed by atoms with E-state index in [1.807, 2.05) is 0 Å². The number of carbonyl (C=O) groups excluding carboxylic acids is 1. The topological polar surface area (TPSA) is 150 Å². The first-order valence-corrected chi connectivity index (χ1v) is 12.6. The Hall–Kier alpha value is -3.51. The zero-order valence-corrected chi connectivity index (χ0v) is 19.6. The Morgan fingerprint density at radius 1 is 0.853 bits per heavy atom. The van der Waals surface area contributed by atoms with Gasteiger partial charge >= 0.3 is 0 Å². The SMILES string of the molecule is O=C(Nc1ccc(/C=C/c2ccc(N=C=S)cc2S(=O)(=O)O)c(S(=O)(=O)O)c1)c1ccccc1. The lowest BCUT2D eigenvalue weighted by molar-refractivity contribution is 0.102. The molecular formula is C22H16N2O7S3. The molecule has 0 bridgehead atoms. The van der Waals surface area contributed by atoms with Gasteiger partial charge in [0.1, 0.15) is 9.79 Å². The second-order valence-electron chi connectivity index (χ2n) is 6.78. The normalized spacial score (nSPS) is 11.7. The van der Waals surface area contributed by atoms with Crippen molar-refractivity contribution in [1.82, 2.24) is 0 Å². The van der Waals surface area contributed by atoms with Crippen LogP contribution in [0.4, 0.5) is 11.4 Å². The summed E-state index contributed by atoms with van der Waals surface area (Å²) in [6.07, 6.45) is 2.47. The molecule has 0 aliphatic rings. The number of thiocarbonyl (C=S) groups is 1. The van der Waals surface area contributed by atoms with Gasteiger partial charge in [0, 0.05) is 11.3 Å². The van der Waals surface area contributed by atoms with Gasteiger partial charge in [0.2, 0.25) is 0 Å². The van der Waals surface area contributed by atoms with Crippen LogP contribution >= 0.6 is 12.2 Å². The van der Waals surface area contributed by atoms with Crippen LogP contribution in [0.3, 0.4) is 0 Å². The number of hydrogen-bond acceptors (Lipinski definition) is 7. The first-order chi connectivity index (χ1) is 16.0. The maximum atomic E-state index is 12.3. The molecule has 34 heavy (non-hydrogen) atoms. The average molecular weight is 517 g/mol. The fourth-order valence-electron chi connectivity index (χ4n) is 2.95. The summed E-state index contributed by atoms with van der Waals surface area (Å²) in [7, 11) is -9.37.